The summed E-state index contributed by atoms with van der Waals surface area (Å²) in [6.45, 7) is 0. The first kappa shape index (κ1) is 12.8. The molecule has 1 aromatic rings. The number of pyridine rings is 1. The number of hydrogen-bond donors (Lipinski definition) is 0. The van der Waals surface area contributed by atoms with Gasteiger partial charge in [0.2, 0.25) is 0 Å². The topological polar surface area (TPSA) is 53.0 Å². The normalized spacial score (nSPS) is 8.83. The van der Waals surface area contributed by atoms with Crippen LogP contribution < -0.4 is 56.5 Å². The molecule has 12 heavy (non-hydrogen) atoms. The minimum Gasteiger partial charge on any atom is -0.543 e. The van der Waals surface area contributed by atoms with Crippen LogP contribution in [0.3, 0.4) is 0 Å². The molecule has 3 nitrogen and oxygen atoms in total. The zero-order valence-electron chi connectivity index (χ0n) is 6.17. The van der Waals surface area contributed by atoms with E-state index >= 15 is 0 Å². The van der Waals surface area contributed by atoms with Crippen molar-refractivity contribution in [2.75, 3.05) is 0 Å². The van der Waals surface area contributed by atoms with Crippen LogP contribution in [0.2, 0.25) is 10.0 Å². The molecule has 0 N–H and O–H groups in total. The summed E-state index contributed by atoms with van der Waals surface area (Å²) in [6, 6.07) is 1.40. The first-order valence-electron chi connectivity index (χ1n) is 2.64. The Balaban J connectivity index is 0.00000121. The van der Waals surface area contributed by atoms with Crippen LogP contribution in [0, 0.1) is 0 Å². The number of aromatic nitrogens is 1. The van der Waals surface area contributed by atoms with Gasteiger partial charge < -0.3 is 9.90 Å². The van der Waals surface area contributed by atoms with E-state index in [9.17, 15) is 9.90 Å². The van der Waals surface area contributed by atoms with Gasteiger partial charge in [-0.3, -0.25) is 4.98 Å². The fraction of sp³-hybridized carbons (Fsp3) is 0. The van der Waals surface area contributed by atoms with Crippen molar-refractivity contribution in [3.05, 3.63) is 28.0 Å². The summed E-state index contributed by atoms with van der Waals surface area (Å²) in [7, 11) is 0. The largest absolute Gasteiger partial charge is 1.00 e. The molecule has 0 atom stereocenters. The van der Waals surface area contributed by atoms with Gasteiger partial charge in [0.15, 0.2) is 0 Å². The number of carboxylic acids is 1. The Labute approximate surface area is 122 Å². The van der Waals surface area contributed by atoms with E-state index < -0.39 is 5.97 Å². The molecule has 0 unspecified atom stereocenters. The van der Waals surface area contributed by atoms with Gasteiger partial charge in [0.25, 0.3) is 0 Å². The third-order valence-corrected chi connectivity index (χ3v) is 1.83. The van der Waals surface area contributed by atoms with E-state index in [0.29, 0.717) is 0 Å². The van der Waals surface area contributed by atoms with Gasteiger partial charge in [-0.2, -0.15) is 0 Å². The Hall–Kier alpha value is 0.836. The molecule has 0 aliphatic carbocycles. The fourth-order valence-corrected chi connectivity index (χ4v) is 0.897. The molecular formula is C6H2Cl2KNO2. The molecule has 0 fully saturated rings. The monoisotopic (exact) mass is 229 g/mol. The van der Waals surface area contributed by atoms with Gasteiger partial charge in [0.05, 0.1) is 16.0 Å². The summed E-state index contributed by atoms with van der Waals surface area (Å²) >= 11 is 11.0. The van der Waals surface area contributed by atoms with E-state index in [4.69, 9.17) is 23.2 Å². The summed E-state index contributed by atoms with van der Waals surface area (Å²) in [5, 5.41) is 10.3. The van der Waals surface area contributed by atoms with Gasteiger partial charge in [-0.1, -0.05) is 23.2 Å². The second-order valence-electron chi connectivity index (χ2n) is 1.74. The average molecular weight is 230 g/mol. The van der Waals surface area contributed by atoms with Gasteiger partial charge in [-0.15, -0.1) is 0 Å². The van der Waals surface area contributed by atoms with Crippen molar-refractivity contribution < 1.29 is 61.3 Å². The Morgan fingerprint density at radius 2 is 2.08 bits per heavy atom. The van der Waals surface area contributed by atoms with Crippen molar-refractivity contribution in [2.24, 2.45) is 0 Å². The van der Waals surface area contributed by atoms with Gasteiger partial charge in [-0.05, 0) is 6.07 Å². The second kappa shape index (κ2) is 5.54. The quantitative estimate of drug-likeness (QED) is 0.512. The van der Waals surface area contributed by atoms with Crippen LogP contribution in [-0.2, 0) is 0 Å². The zero-order valence-corrected chi connectivity index (χ0v) is 10.8. The molecule has 0 aliphatic rings. The molecule has 58 valence electrons. The molecule has 0 amide bonds. The molecule has 1 aromatic heterocycles. The van der Waals surface area contributed by atoms with Gasteiger partial charge in [0, 0.05) is 6.20 Å². The number of nitrogens with zero attached hydrogens (tertiary/aromatic N) is 1. The maximum Gasteiger partial charge on any atom is 1.00 e. The molecule has 0 saturated heterocycles. The fourth-order valence-electron chi connectivity index (χ4n) is 0.563. The van der Waals surface area contributed by atoms with Crippen LogP contribution in [0.5, 0.6) is 0 Å². The molecule has 0 bridgehead atoms. The summed E-state index contributed by atoms with van der Waals surface area (Å²) < 4.78 is 0. The van der Waals surface area contributed by atoms with Crippen LogP contribution in [-0.4, -0.2) is 11.0 Å². The van der Waals surface area contributed by atoms with Gasteiger partial charge >= 0.3 is 51.4 Å². The molecule has 1 heterocycles. The minimum atomic E-state index is -1.43. The summed E-state index contributed by atoms with van der Waals surface area (Å²) in [6.07, 6.45) is 1.25. The van der Waals surface area contributed by atoms with E-state index in [-0.39, 0.29) is 67.1 Å². The molecular weight excluding hydrogens is 228 g/mol. The molecule has 0 aromatic carbocycles. The Morgan fingerprint density at radius 3 is 2.50 bits per heavy atom. The predicted octanol–water partition coefficient (Wildman–Crippen LogP) is -2.24. The Kier molecular flexibility index (Phi) is 5.93. The standard InChI is InChI=1S/C6H3Cl2NO2.K/c7-3-1-2-9-5(4(3)8)6(10)11;/h1-2H,(H,10,11);/q;+1/p-1. The molecule has 1 rings (SSSR count). The predicted molar refractivity (Wildman–Crippen MR) is 38.6 cm³/mol. The van der Waals surface area contributed by atoms with Crippen LogP contribution >= 0.6 is 23.2 Å². The smallest absolute Gasteiger partial charge is 0.543 e. The van der Waals surface area contributed by atoms with E-state index in [1.807, 2.05) is 0 Å². The first-order chi connectivity index (χ1) is 5.13. The number of hydrogen-bond acceptors (Lipinski definition) is 3. The third-order valence-electron chi connectivity index (χ3n) is 1.04. The zero-order chi connectivity index (χ0) is 8.43. The van der Waals surface area contributed by atoms with E-state index in [0.717, 1.165) is 0 Å². The van der Waals surface area contributed by atoms with Crippen molar-refractivity contribution >= 4 is 29.2 Å². The van der Waals surface area contributed by atoms with Crippen molar-refractivity contribution in [1.29, 1.82) is 0 Å². The SMILES string of the molecule is O=C([O-])c1nccc(Cl)c1Cl.[K+]. The van der Waals surface area contributed by atoms with Crippen molar-refractivity contribution in [1.82, 2.24) is 4.98 Å². The molecule has 0 saturated carbocycles. The number of halogens is 2. The van der Waals surface area contributed by atoms with E-state index in [1.165, 1.54) is 12.3 Å². The van der Waals surface area contributed by atoms with Crippen molar-refractivity contribution in [2.45, 2.75) is 0 Å². The summed E-state index contributed by atoms with van der Waals surface area (Å²) in [5.74, 6) is -1.43. The van der Waals surface area contributed by atoms with Crippen molar-refractivity contribution in [3.8, 4) is 0 Å². The maximum atomic E-state index is 10.3. The number of rotatable bonds is 1. The Bertz CT molecular complexity index is 306. The minimum absolute atomic E-state index is 0. The number of carbonyl (C=O) groups excluding carboxylic acids is 1. The van der Waals surface area contributed by atoms with Gasteiger partial charge in [-0.25, -0.2) is 0 Å². The molecule has 0 spiro atoms. The number of carboxylic acid groups (broad SMARTS) is 1. The summed E-state index contributed by atoms with van der Waals surface area (Å²) in [4.78, 5) is 13.7. The average Bonchev–Trinajstić information content (AvgIpc) is 1.94. The van der Waals surface area contributed by atoms with E-state index in [2.05, 4.69) is 4.98 Å². The van der Waals surface area contributed by atoms with Gasteiger partial charge in [0.1, 0.15) is 5.69 Å². The Morgan fingerprint density at radius 1 is 1.50 bits per heavy atom. The summed E-state index contributed by atoms with van der Waals surface area (Å²) in [5.41, 5.74) is -0.334. The van der Waals surface area contributed by atoms with Crippen LogP contribution in [0.4, 0.5) is 0 Å². The number of aromatic carboxylic acids is 1. The maximum absolute atomic E-state index is 10.3. The molecule has 6 heteroatoms. The second-order valence-corrected chi connectivity index (χ2v) is 2.53. The third kappa shape index (κ3) is 2.96. The van der Waals surface area contributed by atoms with Crippen LogP contribution in [0.15, 0.2) is 12.3 Å². The first-order valence-corrected chi connectivity index (χ1v) is 3.40. The van der Waals surface area contributed by atoms with Crippen LogP contribution in [0.1, 0.15) is 10.5 Å². The van der Waals surface area contributed by atoms with E-state index in [1.54, 1.807) is 0 Å². The molecule has 0 aliphatic heterocycles. The van der Waals surface area contributed by atoms with Crippen molar-refractivity contribution in [3.63, 3.8) is 0 Å². The van der Waals surface area contributed by atoms with Crippen LogP contribution in [0.25, 0.3) is 0 Å². The molecule has 0 radical (unpaired) electrons. The number of carbonyl (C=O) groups is 1.